The molecule has 23 heavy (non-hydrogen) atoms. The van der Waals surface area contributed by atoms with E-state index in [1.807, 2.05) is 23.6 Å². The molecule has 2 aromatic rings. The minimum atomic E-state index is -3.14. The molecular weight excluding hydrogens is 330 g/mol. The minimum Gasteiger partial charge on any atom is -0.372 e. The van der Waals surface area contributed by atoms with Crippen LogP contribution in [0.2, 0.25) is 0 Å². The van der Waals surface area contributed by atoms with Crippen LogP contribution in [0.25, 0.3) is 0 Å². The zero-order valence-corrected chi connectivity index (χ0v) is 14.8. The number of likely N-dealkylation sites (tertiary alicyclic amines) is 1. The van der Waals surface area contributed by atoms with Gasteiger partial charge in [0.2, 0.25) is 0 Å². The standard InChI is InChI=1S/C17H21NO3S2/c1-23(19,20)17-8-10-22-16(17)12-18-9-7-15(11-18)21-13-14-5-3-2-4-6-14/h2-6,8,10,15H,7,9,11-13H2,1H3. The van der Waals surface area contributed by atoms with E-state index in [-0.39, 0.29) is 6.10 Å². The maximum Gasteiger partial charge on any atom is 0.176 e. The van der Waals surface area contributed by atoms with E-state index >= 15 is 0 Å². The second-order valence-corrected chi connectivity index (χ2v) is 8.91. The molecule has 0 aliphatic carbocycles. The molecule has 4 nitrogen and oxygen atoms in total. The Morgan fingerprint density at radius 3 is 2.78 bits per heavy atom. The molecule has 0 N–H and O–H groups in total. The highest BCUT2D eigenvalue weighted by Crippen LogP contribution is 2.25. The Kier molecular flexibility index (Phi) is 5.16. The van der Waals surface area contributed by atoms with Gasteiger partial charge in [0.25, 0.3) is 0 Å². The lowest BCUT2D eigenvalue weighted by Crippen LogP contribution is -2.23. The van der Waals surface area contributed by atoms with Gasteiger partial charge in [-0.2, -0.15) is 0 Å². The number of thiophene rings is 1. The van der Waals surface area contributed by atoms with Crippen LogP contribution in [0.15, 0.2) is 46.7 Å². The summed E-state index contributed by atoms with van der Waals surface area (Å²) in [6.07, 6.45) is 2.48. The smallest absolute Gasteiger partial charge is 0.176 e. The summed E-state index contributed by atoms with van der Waals surface area (Å²) in [7, 11) is -3.14. The molecule has 1 aliphatic rings. The van der Waals surface area contributed by atoms with Gasteiger partial charge in [-0.25, -0.2) is 8.42 Å². The highest BCUT2D eigenvalue weighted by atomic mass is 32.2. The van der Waals surface area contributed by atoms with Crippen LogP contribution >= 0.6 is 11.3 Å². The third kappa shape index (κ3) is 4.41. The maximum absolute atomic E-state index is 11.8. The van der Waals surface area contributed by atoms with Crippen LogP contribution in [0.1, 0.15) is 16.9 Å². The van der Waals surface area contributed by atoms with Crippen molar-refractivity contribution >= 4 is 21.2 Å². The summed E-state index contributed by atoms with van der Waals surface area (Å²) in [5.74, 6) is 0. The van der Waals surface area contributed by atoms with E-state index in [4.69, 9.17) is 4.74 Å². The SMILES string of the molecule is CS(=O)(=O)c1ccsc1CN1CCC(OCc2ccccc2)C1. The molecule has 1 unspecified atom stereocenters. The average Bonchev–Trinajstić information content (AvgIpc) is 3.15. The number of sulfone groups is 1. The van der Waals surface area contributed by atoms with E-state index in [2.05, 4.69) is 17.0 Å². The molecule has 1 fully saturated rings. The molecule has 124 valence electrons. The molecule has 0 saturated carbocycles. The second-order valence-electron chi connectivity index (χ2n) is 5.92. The maximum atomic E-state index is 11.8. The average molecular weight is 351 g/mol. The fourth-order valence-corrected chi connectivity index (χ4v) is 5.13. The van der Waals surface area contributed by atoms with Crippen LogP contribution in [0.4, 0.5) is 0 Å². The van der Waals surface area contributed by atoms with E-state index < -0.39 is 9.84 Å². The van der Waals surface area contributed by atoms with Crippen LogP contribution in [0, 0.1) is 0 Å². The Bertz CT molecular complexity index is 740. The highest BCUT2D eigenvalue weighted by molar-refractivity contribution is 7.90. The lowest BCUT2D eigenvalue weighted by Gasteiger charge is -2.16. The van der Waals surface area contributed by atoms with Gasteiger partial charge in [0.1, 0.15) is 0 Å². The van der Waals surface area contributed by atoms with E-state index in [0.29, 0.717) is 18.0 Å². The van der Waals surface area contributed by atoms with Crippen LogP contribution in [0.3, 0.4) is 0 Å². The first-order chi connectivity index (χ1) is 11.0. The van der Waals surface area contributed by atoms with E-state index in [0.717, 1.165) is 24.4 Å². The summed E-state index contributed by atoms with van der Waals surface area (Å²) >= 11 is 1.51. The number of hydrogen-bond donors (Lipinski definition) is 0. The topological polar surface area (TPSA) is 46.6 Å². The van der Waals surface area contributed by atoms with Crippen LogP contribution in [-0.4, -0.2) is 38.8 Å². The van der Waals surface area contributed by atoms with Gasteiger partial charge in [0, 0.05) is 30.8 Å². The molecule has 0 spiro atoms. The first-order valence-corrected chi connectivity index (χ1v) is 10.4. The molecule has 1 aromatic heterocycles. The third-order valence-corrected chi connectivity index (χ3v) is 6.25. The predicted octanol–water partition coefficient (Wildman–Crippen LogP) is 2.94. The molecule has 3 rings (SSSR count). The molecule has 0 amide bonds. The van der Waals surface area contributed by atoms with Gasteiger partial charge in [-0.3, -0.25) is 4.90 Å². The molecular formula is C17H21NO3S2. The molecule has 6 heteroatoms. The predicted molar refractivity (Wildman–Crippen MR) is 92.3 cm³/mol. The summed E-state index contributed by atoms with van der Waals surface area (Å²) < 4.78 is 29.5. The van der Waals surface area contributed by atoms with E-state index in [9.17, 15) is 8.42 Å². The van der Waals surface area contributed by atoms with Gasteiger partial charge >= 0.3 is 0 Å². The quantitative estimate of drug-likeness (QED) is 0.803. The largest absolute Gasteiger partial charge is 0.372 e. The molecule has 0 radical (unpaired) electrons. The van der Waals surface area contributed by atoms with E-state index in [1.54, 1.807) is 6.07 Å². The van der Waals surface area contributed by atoms with Crippen LogP contribution in [0.5, 0.6) is 0 Å². The van der Waals surface area contributed by atoms with Gasteiger partial charge in [0.15, 0.2) is 9.84 Å². The normalized spacial score (nSPS) is 19.3. The first kappa shape index (κ1) is 16.6. The van der Waals surface area contributed by atoms with Crippen molar-refractivity contribution in [3.63, 3.8) is 0 Å². The van der Waals surface area contributed by atoms with Crippen molar-refractivity contribution in [1.82, 2.24) is 4.90 Å². The lowest BCUT2D eigenvalue weighted by molar-refractivity contribution is 0.0462. The molecule has 2 heterocycles. The van der Waals surface area contributed by atoms with Gasteiger partial charge < -0.3 is 4.74 Å². The Morgan fingerprint density at radius 2 is 2.04 bits per heavy atom. The number of ether oxygens (including phenoxy) is 1. The summed E-state index contributed by atoms with van der Waals surface area (Å²) in [4.78, 5) is 3.67. The fraction of sp³-hybridized carbons (Fsp3) is 0.412. The number of benzene rings is 1. The van der Waals surface area contributed by atoms with Crippen molar-refractivity contribution in [2.24, 2.45) is 0 Å². The van der Waals surface area contributed by atoms with Crippen molar-refractivity contribution in [1.29, 1.82) is 0 Å². The van der Waals surface area contributed by atoms with Crippen molar-refractivity contribution in [2.45, 2.75) is 30.6 Å². The number of nitrogens with zero attached hydrogens (tertiary/aromatic N) is 1. The zero-order chi connectivity index (χ0) is 16.3. The van der Waals surface area contributed by atoms with Crippen molar-refractivity contribution in [3.8, 4) is 0 Å². The molecule has 1 saturated heterocycles. The first-order valence-electron chi connectivity index (χ1n) is 7.66. The zero-order valence-electron chi connectivity index (χ0n) is 13.1. The summed E-state index contributed by atoms with van der Waals surface area (Å²) in [5.41, 5.74) is 1.18. The van der Waals surface area contributed by atoms with Gasteiger partial charge in [0.05, 0.1) is 17.6 Å². The lowest BCUT2D eigenvalue weighted by atomic mass is 10.2. The molecule has 0 bridgehead atoms. The molecule has 1 aliphatic heterocycles. The minimum absolute atomic E-state index is 0.219. The van der Waals surface area contributed by atoms with Gasteiger partial charge in [-0.1, -0.05) is 30.3 Å². The van der Waals surface area contributed by atoms with Gasteiger partial charge in [-0.05, 0) is 23.4 Å². The third-order valence-electron chi connectivity index (χ3n) is 4.03. The number of hydrogen-bond acceptors (Lipinski definition) is 5. The molecule has 1 atom stereocenters. The molecule has 1 aromatic carbocycles. The van der Waals surface area contributed by atoms with Crippen LogP contribution in [-0.2, 0) is 27.7 Å². The van der Waals surface area contributed by atoms with Crippen molar-refractivity contribution in [2.75, 3.05) is 19.3 Å². The monoisotopic (exact) mass is 351 g/mol. The number of rotatable bonds is 6. The summed E-state index contributed by atoms with van der Waals surface area (Å²) in [6.45, 7) is 3.12. The van der Waals surface area contributed by atoms with E-state index in [1.165, 1.54) is 23.2 Å². The van der Waals surface area contributed by atoms with Crippen LogP contribution < -0.4 is 0 Å². The van der Waals surface area contributed by atoms with Crippen molar-refractivity contribution < 1.29 is 13.2 Å². The van der Waals surface area contributed by atoms with Gasteiger partial charge in [-0.15, -0.1) is 11.3 Å². The summed E-state index contributed by atoms with van der Waals surface area (Å²) in [6, 6.07) is 11.9. The van der Waals surface area contributed by atoms with Crippen molar-refractivity contribution in [3.05, 3.63) is 52.2 Å². The fourth-order valence-electron chi connectivity index (χ4n) is 2.84. The second kappa shape index (κ2) is 7.13. The summed E-state index contributed by atoms with van der Waals surface area (Å²) in [5, 5.41) is 1.85. The Balaban J connectivity index is 1.53. The Hall–Kier alpha value is -1.21. The highest BCUT2D eigenvalue weighted by Gasteiger charge is 2.25. The Labute approximate surface area is 141 Å². The Morgan fingerprint density at radius 1 is 1.26 bits per heavy atom.